The standard InChI is InChI=1S/C18H11ClFN3O2/c19-12-7-5-11(6-8-12)17-13(9-10-21)16(18(24)25)22-23(17)15-4-2-1-3-14(15)20/h1-8H,9H2,(H,24,25). The van der Waals surface area contributed by atoms with Crippen LogP contribution in [0.15, 0.2) is 48.5 Å². The molecule has 0 atom stereocenters. The quantitative estimate of drug-likeness (QED) is 0.764. The summed E-state index contributed by atoms with van der Waals surface area (Å²) < 4.78 is 15.5. The largest absolute Gasteiger partial charge is 0.476 e. The van der Waals surface area contributed by atoms with Crippen LogP contribution in [0.3, 0.4) is 0 Å². The van der Waals surface area contributed by atoms with Gasteiger partial charge in [-0.2, -0.15) is 10.4 Å². The number of carboxylic acid groups (broad SMARTS) is 1. The number of halogens is 2. The van der Waals surface area contributed by atoms with Gasteiger partial charge in [-0.05, 0) is 24.3 Å². The van der Waals surface area contributed by atoms with E-state index in [-0.39, 0.29) is 23.4 Å². The number of hydrogen-bond donors (Lipinski definition) is 1. The van der Waals surface area contributed by atoms with Gasteiger partial charge in [-0.1, -0.05) is 35.9 Å². The van der Waals surface area contributed by atoms with E-state index in [2.05, 4.69) is 5.10 Å². The molecule has 0 aliphatic heterocycles. The van der Waals surface area contributed by atoms with E-state index in [0.29, 0.717) is 16.3 Å². The number of aromatic nitrogens is 2. The van der Waals surface area contributed by atoms with Gasteiger partial charge in [-0.25, -0.2) is 13.9 Å². The number of nitriles is 1. The van der Waals surface area contributed by atoms with Gasteiger partial charge in [0.1, 0.15) is 11.5 Å². The Morgan fingerprint density at radius 1 is 1.24 bits per heavy atom. The molecule has 25 heavy (non-hydrogen) atoms. The average Bonchev–Trinajstić information content (AvgIpc) is 2.96. The van der Waals surface area contributed by atoms with Gasteiger partial charge in [-0.15, -0.1) is 0 Å². The second-order valence-corrected chi connectivity index (χ2v) is 5.62. The van der Waals surface area contributed by atoms with Crippen molar-refractivity contribution < 1.29 is 14.3 Å². The van der Waals surface area contributed by atoms with Gasteiger partial charge in [-0.3, -0.25) is 0 Å². The maximum Gasteiger partial charge on any atom is 0.356 e. The van der Waals surface area contributed by atoms with Crippen LogP contribution in [0.1, 0.15) is 16.1 Å². The summed E-state index contributed by atoms with van der Waals surface area (Å²) in [6.45, 7) is 0. The third kappa shape index (κ3) is 3.10. The highest BCUT2D eigenvalue weighted by molar-refractivity contribution is 6.30. The van der Waals surface area contributed by atoms with Crippen LogP contribution in [-0.2, 0) is 6.42 Å². The normalized spacial score (nSPS) is 10.4. The number of benzene rings is 2. The van der Waals surface area contributed by atoms with Crippen molar-refractivity contribution >= 4 is 17.6 Å². The fourth-order valence-corrected chi connectivity index (χ4v) is 2.70. The first-order valence-corrected chi connectivity index (χ1v) is 7.63. The zero-order valence-corrected chi connectivity index (χ0v) is 13.5. The first-order valence-electron chi connectivity index (χ1n) is 7.26. The maximum atomic E-state index is 14.3. The molecule has 124 valence electrons. The number of aromatic carboxylic acids is 1. The summed E-state index contributed by atoms with van der Waals surface area (Å²) in [5.41, 5.74) is 0.966. The fraction of sp³-hybridized carbons (Fsp3) is 0.0556. The highest BCUT2D eigenvalue weighted by Crippen LogP contribution is 2.31. The van der Waals surface area contributed by atoms with Crippen LogP contribution in [0.4, 0.5) is 4.39 Å². The number of hydrogen-bond acceptors (Lipinski definition) is 3. The Bertz CT molecular complexity index is 991. The number of carboxylic acids is 1. The van der Waals surface area contributed by atoms with Gasteiger partial charge in [0.25, 0.3) is 0 Å². The molecule has 1 aromatic heterocycles. The van der Waals surface area contributed by atoms with Crippen molar-refractivity contribution in [1.29, 1.82) is 5.26 Å². The zero-order valence-electron chi connectivity index (χ0n) is 12.8. The lowest BCUT2D eigenvalue weighted by molar-refractivity contribution is 0.0689. The number of nitrogens with zero attached hydrogens (tertiary/aromatic N) is 3. The lowest BCUT2D eigenvalue weighted by Gasteiger charge is -2.10. The van der Waals surface area contributed by atoms with E-state index in [1.807, 2.05) is 6.07 Å². The molecule has 0 amide bonds. The third-order valence-corrected chi connectivity index (χ3v) is 3.89. The van der Waals surface area contributed by atoms with Gasteiger partial charge in [0.15, 0.2) is 5.69 Å². The Morgan fingerprint density at radius 3 is 2.52 bits per heavy atom. The fourth-order valence-electron chi connectivity index (χ4n) is 2.57. The van der Waals surface area contributed by atoms with Gasteiger partial charge in [0.2, 0.25) is 0 Å². The molecule has 7 heteroatoms. The Labute approximate surface area is 147 Å². The first kappa shape index (κ1) is 16.7. The molecule has 5 nitrogen and oxygen atoms in total. The van der Waals surface area contributed by atoms with Gasteiger partial charge >= 0.3 is 5.97 Å². The topological polar surface area (TPSA) is 78.9 Å². The summed E-state index contributed by atoms with van der Waals surface area (Å²) in [7, 11) is 0. The third-order valence-electron chi connectivity index (χ3n) is 3.64. The van der Waals surface area contributed by atoms with E-state index in [1.165, 1.54) is 22.9 Å². The number of carbonyl (C=O) groups is 1. The maximum absolute atomic E-state index is 14.3. The minimum absolute atomic E-state index is 0.0964. The highest BCUT2D eigenvalue weighted by atomic mass is 35.5. The summed E-state index contributed by atoms with van der Waals surface area (Å²) in [6.07, 6.45) is -0.173. The molecular weight excluding hydrogens is 345 g/mol. The molecule has 3 aromatic rings. The Balaban J connectivity index is 2.36. The molecular formula is C18H11ClFN3O2. The van der Waals surface area contributed by atoms with Crippen molar-refractivity contribution in [2.24, 2.45) is 0 Å². The van der Waals surface area contributed by atoms with Crippen molar-refractivity contribution in [3.05, 3.63) is 70.6 Å². The molecule has 0 aliphatic carbocycles. The highest BCUT2D eigenvalue weighted by Gasteiger charge is 2.25. The minimum atomic E-state index is -1.28. The second-order valence-electron chi connectivity index (χ2n) is 5.19. The molecule has 0 bridgehead atoms. The van der Waals surface area contributed by atoms with Crippen molar-refractivity contribution in [3.8, 4) is 23.0 Å². The summed E-state index contributed by atoms with van der Waals surface area (Å²) in [5, 5.41) is 23.1. The number of para-hydroxylation sites is 1. The second kappa shape index (κ2) is 6.75. The zero-order chi connectivity index (χ0) is 18.0. The van der Waals surface area contributed by atoms with E-state index >= 15 is 0 Å². The monoisotopic (exact) mass is 355 g/mol. The van der Waals surface area contributed by atoms with Crippen molar-refractivity contribution in [2.75, 3.05) is 0 Å². The van der Waals surface area contributed by atoms with E-state index in [0.717, 1.165) is 0 Å². The number of rotatable bonds is 4. The minimum Gasteiger partial charge on any atom is -0.476 e. The molecule has 0 radical (unpaired) electrons. The molecule has 2 aromatic carbocycles. The predicted molar refractivity (Wildman–Crippen MR) is 90.2 cm³/mol. The van der Waals surface area contributed by atoms with Gasteiger partial charge in [0.05, 0.1) is 18.2 Å². The summed E-state index contributed by atoms with van der Waals surface area (Å²) in [5.74, 6) is -1.84. The van der Waals surface area contributed by atoms with Crippen molar-refractivity contribution in [3.63, 3.8) is 0 Å². The van der Waals surface area contributed by atoms with Crippen LogP contribution < -0.4 is 0 Å². The summed E-state index contributed by atoms with van der Waals surface area (Å²) in [6, 6.07) is 14.4. The van der Waals surface area contributed by atoms with Crippen LogP contribution in [0.2, 0.25) is 5.02 Å². The molecule has 1 heterocycles. The molecule has 0 spiro atoms. The Kier molecular flexibility index (Phi) is 4.50. The van der Waals surface area contributed by atoms with Crippen LogP contribution in [0.25, 0.3) is 16.9 Å². The van der Waals surface area contributed by atoms with E-state index in [4.69, 9.17) is 16.9 Å². The average molecular weight is 356 g/mol. The van der Waals surface area contributed by atoms with Crippen molar-refractivity contribution in [2.45, 2.75) is 6.42 Å². The molecule has 3 rings (SSSR count). The van der Waals surface area contributed by atoms with E-state index in [1.54, 1.807) is 30.3 Å². The predicted octanol–water partition coefficient (Wildman–Crippen LogP) is 4.10. The molecule has 0 aliphatic rings. The lowest BCUT2D eigenvalue weighted by atomic mass is 10.0. The summed E-state index contributed by atoms with van der Waals surface area (Å²) >= 11 is 5.91. The Morgan fingerprint density at radius 2 is 1.92 bits per heavy atom. The van der Waals surface area contributed by atoms with E-state index in [9.17, 15) is 14.3 Å². The van der Waals surface area contributed by atoms with Crippen LogP contribution in [-0.4, -0.2) is 20.9 Å². The molecule has 0 unspecified atom stereocenters. The van der Waals surface area contributed by atoms with Crippen molar-refractivity contribution in [1.82, 2.24) is 9.78 Å². The van der Waals surface area contributed by atoms with Crippen LogP contribution in [0, 0.1) is 17.1 Å². The van der Waals surface area contributed by atoms with Crippen LogP contribution >= 0.6 is 11.6 Å². The molecule has 0 saturated carbocycles. The Hall–Kier alpha value is -3.17. The molecule has 0 fully saturated rings. The molecule has 0 saturated heterocycles. The first-order chi connectivity index (χ1) is 12.0. The van der Waals surface area contributed by atoms with Gasteiger partial charge in [0, 0.05) is 16.1 Å². The molecule has 1 N–H and O–H groups in total. The van der Waals surface area contributed by atoms with Crippen LogP contribution in [0.5, 0.6) is 0 Å². The lowest BCUT2D eigenvalue weighted by Crippen LogP contribution is -2.04. The smallest absolute Gasteiger partial charge is 0.356 e. The SMILES string of the molecule is N#CCc1c(C(=O)O)nn(-c2ccccc2F)c1-c1ccc(Cl)cc1. The van der Waals surface area contributed by atoms with Gasteiger partial charge < -0.3 is 5.11 Å². The van der Waals surface area contributed by atoms with E-state index < -0.39 is 11.8 Å². The summed E-state index contributed by atoms with van der Waals surface area (Å²) in [4.78, 5) is 11.6.